The summed E-state index contributed by atoms with van der Waals surface area (Å²) in [5.74, 6) is 2.62. The Kier molecular flexibility index (Phi) is 7.75. The fourth-order valence-corrected chi connectivity index (χ4v) is 4.28. The zero-order chi connectivity index (χ0) is 21.8. The topological polar surface area (TPSA) is 93.5 Å². The van der Waals surface area contributed by atoms with E-state index in [4.69, 9.17) is 9.97 Å². The number of nitrogens with one attached hydrogen (secondary N) is 2. The van der Waals surface area contributed by atoms with Gasteiger partial charge >= 0.3 is 0 Å². The number of benzene rings is 2. The van der Waals surface area contributed by atoms with E-state index in [1.165, 1.54) is 12.1 Å². The van der Waals surface area contributed by atoms with Gasteiger partial charge in [-0.15, -0.1) is 0 Å². The molecule has 4 N–H and O–H groups in total. The number of hydrogen-bond donors (Lipinski definition) is 4. The van der Waals surface area contributed by atoms with Crippen molar-refractivity contribution in [3.8, 4) is 11.5 Å². The molecule has 7 nitrogen and oxygen atoms in total. The lowest BCUT2D eigenvalue weighted by atomic mass is 9.86. The molecule has 1 aliphatic carbocycles. The monoisotopic (exact) mass is 437 g/mol. The highest BCUT2D eigenvalue weighted by atomic mass is 16.3. The van der Waals surface area contributed by atoms with E-state index in [-0.39, 0.29) is 18.9 Å². The Morgan fingerprint density at radius 2 is 1.75 bits per heavy atom. The number of anilines is 2. The van der Waals surface area contributed by atoms with E-state index in [1.807, 2.05) is 37.2 Å². The van der Waals surface area contributed by atoms with Crippen LogP contribution in [0.4, 0.5) is 11.8 Å². The van der Waals surface area contributed by atoms with Crippen LogP contribution in [0.3, 0.4) is 0 Å². The first-order chi connectivity index (χ1) is 15.0. The second-order valence-corrected chi connectivity index (χ2v) is 8.59. The average molecular weight is 438 g/mol. The van der Waals surface area contributed by atoms with Gasteiger partial charge in [-0.1, -0.05) is 19.6 Å². The molecule has 0 atom stereocenters. The molecule has 172 valence electrons. The summed E-state index contributed by atoms with van der Waals surface area (Å²) in [5.41, 5.74) is 1.68. The molecule has 1 heterocycles. The van der Waals surface area contributed by atoms with Gasteiger partial charge in [-0.2, -0.15) is 4.98 Å². The van der Waals surface area contributed by atoms with Crippen LogP contribution in [0.15, 0.2) is 42.5 Å². The van der Waals surface area contributed by atoms with Gasteiger partial charge in [-0.25, -0.2) is 4.98 Å². The number of rotatable bonds is 7. The van der Waals surface area contributed by atoms with Crippen molar-refractivity contribution in [3.05, 3.63) is 48.0 Å². The van der Waals surface area contributed by atoms with E-state index in [2.05, 4.69) is 16.7 Å². The second-order valence-electron chi connectivity index (χ2n) is 8.59. The van der Waals surface area contributed by atoms with Gasteiger partial charge in [0.25, 0.3) is 0 Å². The molecular weight excluding hydrogens is 402 g/mol. The molecule has 32 heavy (non-hydrogen) atoms. The first kappa shape index (κ1) is 23.6. The Labute approximate surface area is 190 Å². The van der Waals surface area contributed by atoms with Crippen molar-refractivity contribution in [2.24, 2.45) is 5.92 Å². The fourth-order valence-electron chi connectivity index (χ4n) is 4.28. The van der Waals surface area contributed by atoms with Crippen LogP contribution in [0, 0.1) is 5.92 Å². The highest BCUT2D eigenvalue weighted by molar-refractivity contribution is 5.90. The molecule has 0 amide bonds. The minimum atomic E-state index is 0. The van der Waals surface area contributed by atoms with E-state index in [0.717, 1.165) is 54.5 Å². The van der Waals surface area contributed by atoms with Gasteiger partial charge in [0.05, 0.1) is 5.52 Å². The van der Waals surface area contributed by atoms with Crippen molar-refractivity contribution in [1.82, 2.24) is 15.3 Å². The number of para-hydroxylation sites is 1. The molecule has 0 spiro atoms. The summed E-state index contributed by atoms with van der Waals surface area (Å²) in [4.78, 5) is 11.5. The van der Waals surface area contributed by atoms with Gasteiger partial charge < -0.3 is 25.7 Å². The van der Waals surface area contributed by atoms with Crippen LogP contribution >= 0.6 is 0 Å². The number of fused-ring (bicyclic) bond motifs is 1. The Bertz CT molecular complexity index is 1030. The molecule has 1 fully saturated rings. The predicted octanol–water partition coefficient (Wildman–Crippen LogP) is 4.50. The van der Waals surface area contributed by atoms with Crippen LogP contribution < -0.4 is 15.5 Å². The summed E-state index contributed by atoms with van der Waals surface area (Å²) >= 11 is 0. The number of aromatic nitrogens is 2. The first-order valence-electron chi connectivity index (χ1n) is 10.9. The summed E-state index contributed by atoms with van der Waals surface area (Å²) in [6.45, 7) is 1.45. The van der Waals surface area contributed by atoms with Gasteiger partial charge in [-0.3, -0.25) is 0 Å². The molecule has 1 aromatic heterocycles. The minimum Gasteiger partial charge on any atom is -0.508 e. The minimum absolute atomic E-state index is 0. The Morgan fingerprint density at radius 1 is 1.00 bits per heavy atom. The van der Waals surface area contributed by atoms with E-state index in [1.54, 1.807) is 6.07 Å². The van der Waals surface area contributed by atoms with Gasteiger partial charge in [-0.05, 0) is 68.5 Å². The van der Waals surface area contributed by atoms with E-state index < -0.39 is 0 Å². The van der Waals surface area contributed by atoms with E-state index in [0.29, 0.717) is 24.5 Å². The van der Waals surface area contributed by atoms with Crippen molar-refractivity contribution in [3.63, 3.8) is 0 Å². The molecule has 3 aromatic rings. The quantitative estimate of drug-likeness (QED) is 0.404. The molecule has 0 aliphatic heterocycles. The molecule has 0 unspecified atom stereocenters. The maximum absolute atomic E-state index is 9.89. The standard InChI is InChI=1S/C24H31N5O2.CH4/c1-29(2)23-20-5-3-4-6-21(20)27-24(28-23)26-18-9-7-16(8-10-18)14-25-15-17-13-19(30)11-12-22(17)31;/h3-6,11-13,16,18,25,30-31H,7-10,14-15H2,1-2H3,(H,26,27,28);1H4. The van der Waals surface area contributed by atoms with Crippen molar-refractivity contribution in [2.45, 2.75) is 45.7 Å². The first-order valence-corrected chi connectivity index (χ1v) is 10.9. The lowest BCUT2D eigenvalue weighted by Crippen LogP contribution is -2.31. The lowest BCUT2D eigenvalue weighted by Gasteiger charge is -2.29. The Balaban J connectivity index is 0.00000289. The van der Waals surface area contributed by atoms with Gasteiger partial charge in [0.1, 0.15) is 17.3 Å². The van der Waals surface area contributed by atoms with Gasteiger partial charge in [0.2, 0.25) is 5.95 Å². The molecule has 2 aromatic carbocycles. The van der Waals surface area contributed by atoms with Crippen LogP contribution in [0.25, 0.3) is 10.9 Å². The van der Waals surface area contributed by atoms with Crippen molar-refractivity contribution in [1.29, 1.82) is 0 Å². The van der Waals surface area contributed by atoms with Crippen LogP contribution in [0.2, 0.25) is 0 Å². The SMILES string of the molecule is C.CN(C)c1nc(NC2CCC(CNCc3cc(O)ccc3O)CC2)nc2ccccc12. The largest absolute Gasteiger partial charge is 0.508 e. The molecular formula is C25H35N5O2. The molecule has 0 saturated heterocycles. The predicted molar refractivity (Wildman–Crippen MR) is 131 cm³/mol. The number of phenolic OH excluding ortho intramolecular Hbond substituents is 2. The van der Waals surface area contributed by atoms with Crippen molar-refractivity contribution in [2.75, 3.05) is 30.9 Å². The summed E-state index contributed by atoms with van der Waals surface area (Å²) in [6.07, 6.45) is 4.42. The van der Waals surface area contributed by atoms with Crippen LogP contribution in [0.1, 0.15) is 38.7 Å². The van der Waals surface area contributed by atoms with Crippen LogP contribution in [-0.4, -0.2) is 46.9 Å². The van der Waals surface area contributed by atoms with E-state index in [9.17, 15) is 10.2 Å². The zero-order valence-corrected chi connectivity index (χ0v) is 18.2. The maximum atomic E-state index is 9.89. The van der Waals surface area contributed by atoms with Crippen molar-refractivity contribution < 1.29 is 10.2 Å². The maximum Gasteiger partial charge on any atom is 0.225 e. The summed E-state index contributed by atoms with van der Waals surface area (Å²) in [5, 5.41) is 27.5. The average Bonchev–Trinajstić information content (AvgIpc) is 2.76. The fraction of sp³-hybridized carbons (Fsp3) is 0.440. The van der Waals surface area contributed by atoms with Crippen LogP contribution in [0.5, 0.6) is 11.5 Å². The normalized spacial score (nSPS) is 18.2. The van der Waals surface area contributed by atoms with Gasteiger partial charge in [0, 0.05) is 37.6 Å². The molecule has 1 aliphatic rings. The molecule has 0 radical (unpaired) electrons. The zero-order valence-electron chi connectivity index (χ0n) is 18.2. The molecule has 7 heteroatoms. The second kappa shape index (κ2) is 10.5. The molecule has 0 bridgehead atoms. The van der Waals surface area contributed by atoms with Gasteiger partial charge in [0.15, 0.2) is 0 Å². The number of hydrogen-bond acceptors (Lipinski definition) is 7. The number of nitrogens with zero attached hydrogens (tertiary/aromatic N) is 3. The molecule has 1 saturated carbocycles. The third-order valence-electron chi connectivity index (χ3n) is 6.00. The van der Waals surface area contributed by atoms with Crippen molar-refractivity contribution >= 4 is 22.7 Å². The number of phenols is 2. The Morgan fingerprint density at radius 3 is 2.50 bits per heavy atom. The summed E-state index contributed by atoms with van der Waals surface area (Å²) in [7, 11) is 4.01. The van der Waals surface area contributed by atoms with E-state index >= 15 is 0 Å². The number of aromatic hydroxyl groups is 2. The third kappa shape index (κ3) is 5.59. The Hall–Kier alpha value is -3.06. The highest BCUT2D eigenvalue weighted by Gasteiger charge is 2.22. The van der Waals surface area contributed by atoms with Crippen LogP contribution in [-0.2, 0) is 6.54 Å². The summed E-state index contributed by atoms with van der Waals surface area (Å²) in [6, 6.07) is 13.1. The smallest absolute Gasteiger partial charge is 0.225 e. The lowest BCUT2D eigenvalue weighted by molar-refractivity contribution is 0.323. The third-order valence-corrected chi connectivity index (χ3v) is 6.00. The molecule has 4 rings (SSSR count). The highest BCUT2D eigenvalue weighted by Crippen LogP contribution is 2.28. The summed E-state index contributed by atoms with van der Waals surface area (Å²) < 4.78 is 0.